The lowest BCUT2D eigenvalue weighted by Crippen LogP contribution is -2.36. The van der Waals surface area contributed by atoms with Crippen LogP contribution in [0.25, 0.3) is 5.69 Å². The summed E-state index contributed by atoms with van der Waals surface area (Å²) < 4.78 is 1.87. The Bertz CT molecular complexity index is 852. The van der Waals surface area contributed by atoms with E-state index in [9.17, 15) is 0 Å². The molecule has 0 aliphatic carbocycles. The quantitative estimate of drug-likeness (QED) is 0.530. The van der Waals surface area contributed by atoms with E-state index >= 15 is 0 Å². The molecule has 3 aromatic rings. The van der Waals surface area contributed by atoms with Gasteiger partial charge < -0.3 is 10.6 Å². The molecule has 2 N–H and O–H groups in total. The number of guanidine groups is 1. The highest BCUT2D eigenvalue weighted by molar-refractivity contribution is 5.79. The van der Waals surface area contributed by atoms with E-state index in [2.05, 4.69) is 58.8 Å². The van der Waals surface area contributed by atoms with Gasteiger partial charge in [0.1, 0.15) is 0 Å². The van der Waals surface area contributed by atoms with Crippen molar-refractivity contribution in [1.82, 2.24) is 20.4 Å². The molecule has 1 aromatic heterocycles. The predicted molar refractivity (Wildman–Crippen MR) is 106 cm³/mol. The fraction of sp³-hybridized carbons (Fsp3) is 0.238. The van der Waals surface area contributed by atoms with Crippen molar-refractivity contribution < 1.29 is 0 Å². The molecule has 2 aromatic carbocycles. The van der Waals surface area contributed by atoms with Gasteiger partial charge in [-0.25, -0.2) is 9.67 Å². The molecule has 5 heteroatoms. The maximum Gasteiger partial charge on any atom is 0.191 e. The molecule has 0 spiro atoms. The summed E-state index contributed by atoms with van der Waals surface area (Å²) in [5, 5.41) is 11.1. The van der Waals surface area contributed by atoms with Gasteiger partial charge in [0.25, 0.3) is 0 Å². The summed E-state index contributed by atoms with van der Waals surface area (Å²) in [5.41, 5.74) is 4.67. The third-order valence-electron chi connectivity index (χ3n) is 4.13. The van der Waals surface area contributed by atoms with Crippen LogP contribution in [-0.2, 0) is 13.1 Å². The van der Waals surface area contributed by atoms with Crippen molar-refractivity contribution in [2.45, 2.75) is 26.9 Å². The fourth-order valence-electron chi connectivity index (χ4n) is 2.66. The second-order valence-electron chi connectivity index (χ2n) is 6.10. The molecule has 0 aliphatic rings. The van der Waals surface area contributed by atoms with E-state index < -0.39 is 0 Å². The van der Waals surface area contributed by atoms with Crippen LogP contribution in [0.3, 0.4) is 0 Å². The zero-order valence-electron chi connectivity index (χ0n) is 15.3. The van der Waals surface area contributed by atoms with Crippen molar-refractivity contribution in [3.8, 4) is 5.69 Å². The van der Waals surface area contributed by atoms with E-state index in [0.29, 0.717) is 6.54 Å². The molecule has 0 radical (unpaired) electrons. The lowest BCUT2D eigenvalue weighted by Gasteiger charge is -2.12. The Balaban J connectivity index is 1.64. The van der Waals surface area contributed by atoms with E-state index in [4.69, 9.17) is 0 Å². The molecular weight excluding hydrogens is 322 g/mol. The number of aryl methyl sites for hydroxylation is 1. The van der Waals surface area contributed by atoms with Crippen LogP contribution in [0.4, 0.5) is 0 Å². The van der Waals surface area contributed by atoms with Crippen LogP contribution in [0.5, 0.6) is 0 Å². The Labute approximate surface area is 154 Å². The highest BCUT2D eigenvalue weighted by Crippen LogP contribution is 2.09. The number of benzene rings is 2. The Morgan fingerprint density at radius 2 is 1.81 bits per heavy atom. The largest absolute Gasteiger partial charge is 0.357 e. The highest BCUT2D eigenvalue weighted by atomic mass is 15.3. The zero-order valence-corrected chi connectivity index (χ0v) is 15.3. The second kappa shape index (κ2) is 8.85. The number of para-hydroxylation sites is 1. The van der Waals surface area contributed by atoms with E-state index in [1.54, 1.807) is 0 Å². The summed E-state index contributed by atoms with van der Waals surface area (Å²) in [6, 6.07) is 18.5. The molecule has 26 heavy (non-hydrogen) atoms. The van der Waals surface area contributed by atoms with Gasteiger partial charge in [0, 0.05) is 24.8 Å². The van der Waals surface area contributed by atoms with Crippen molar-refractivity contribution in [2.75, 3.05) is 6.54 Å². The highest BCUT2D eigenvalue weighted by Gasteiger charge is 2.03. The molecule has 0 saturated heterocycles. The Morgan fingerprint density at radius 1 is 1.04 bits per heavy atom. The van der Waals surface area contributed by atoms with Gasteiger partial charge in [0.15, 0.2) is 5.96 Å². The first-order valence-corrected chi connectivity index (χ1v) is 8.92. The third kappa shape index (κ3) is 4.72. The molecule has 0 bridgehead atoms. The van der Waals surface area contributed by atoms with Gasteiger partial charge in [-0.3, -0.25) is 0 Å². The van der Waals surface area contributed by atoms with Crippen LogP contribution in [0, 0.1) is 6.92 Å². The molecule has 0 unspecified atom stereocenters. The van der Waals surface area contributed by atoms with Crippen LogP contribution in [-0.4, -0.2) is 22.3 Å². The molecule has 0 atom stereocenters. The van der Waals surface area contributed by atoms with Crippen LogP contribution in [0.1, 0.15) is 23.6 Å². The van der Waals surface area contributed by atoms with E-state index in [-0.39, 0.29) is 0 Å². The van der Waals surface area contributed by atoms with Gasteiger partial charge in [-0.15, -0.1) is 0 Å². The van der Waals surface area contributed by atoms with Gasteiger partial charge in [-0.1, -0.05) is 42.5 Å². The molecule has 134 valence electrons. The smallest absolute Gasteiger partial charge is 0.191 e. The topological polar surface area (TPSA) is 54.2 Å². The van der Waals surface area contributed by atoms with Crippen molar-refractivity contribution in [3.05, 3.63) is 83.7 Å². The van der Waals surface area contributed by atoms with Gasteiger partial charge in [-0.05, 0) is 37.1 Å². The summed E-state index contributed by atoms with van der Waals surface area (Å²) >= 11 is 0. The van der Waals surface area contributed by atoms with Gasteiger partial charge >= 0.3 is 0 Å². The van der Waals surface area contributed by atoms with Crippen molar-refractivity contribution in [1.29, 1.82) is 0 Å². The van der Waals surface area contributed by atoms with Gasteiger partial charge in [0.2, 0.25) is 0 Å². The number of nitrogens with one attached hydrogen (secondary N) is 2. The minimum absolute atomic E-state index is 0.579. The van der Waals surface area contributed by atoms with E-state index in [0.717, 1.165) is 30.3 Å². The number of hydrogen-bond donors (Lipinski definition) is 2. The van der Waals surface area contributed by atoms with Gasteiger partial charge in [-0.2, -0.15) is 5.10 Å². The molecule has 0 aliphatic heterocycles. The molecular formula is C21H25N5. The minimum atomic E-state index is 0.579. The summed E-state index contributed by atoms with van der Waals surface area (Å²) in [5.74, 6) is 0.809. The Kier molecular flexibility index (Phi) is 6.04. The third-order valence-corrected chi connectivity index (χ3v) is 4.13. The lowest BCUT2D eigenvalue weighted by molar-refractivity contribution is 0.812. The monoisotopic (exact) mass is 347 g/mol. The maximum atomic E-state index is 4.68. The standard InChI is InChI=1S/C21H25N5/c1-3-22-21(24-15-19-10-8-7-9-17(19)2)23-13-18-14-25-26(16-18)20-11-5-4-6-12-20/h4-12,14,16H,3,13,15H2,1-2H3,(H2,22,23,24). The molecule has 0 saturated carbocycles. The SMILES string of the molecule is CCNC(=NCc1cnn(-c2ccccc2)c1)NCc1ccccc1C. The number of aromatic nitrogens is 2. The van der Waals surface area contributed by atoms with Crippen LogP contribution >= 0.6 is 0 Å². The lowest BCUT2D eigenvalue weighted by atomic mass is 10.1. The average Bonchev–Trinajstić information content (AvgIpc) is 3.15. The minimum Gasteiger partial charge on any atom is -0.357 e. The van der Waals surface area contributed by atoms with Crippen molar-refractivity contribution in [2.24, 2.45) is 4.99 Å². The maximum absolute atomic E-state index is 4.68. The Hall–Kier alpha value is -3.08. The first-order chi connectivity index (χ1) is 12.8. The van der Waals surface area contributed by atoms with Crippen LogP contribution in [0.15, 0.2) is 72.0 Å². The van der Waals surface area contributed by atoms with Crippen molar-refractivity contribution in [3.63, 3.8) is 0 Å². The van der Waals surface area contributed by atoms with Crippen molar-refractivity contribution >= 4 is 5.96 Å². The fourth-order valence-corrected chi connectivity index (χ4v) is 2.66. The van der Waals surface area contributed by atoms with Crippen LogP contribution < -0.4 is 10.6 Å². The summed E-state index contributed by atoms with van der Waals surface area (Å²) in [6.07, 6.45) is 3.88. The first kappa shape index (κ1) is 17.7. The summed E-state index contributed by atoms with van der Waals surface area (Å²) in [7, 11) is 0. The number of rotatable bonds is 6. The van der Waals surface area contributed by atoms with E-state index in [1.807, 2.05) is 47.4 Å². The number of nitrogens with zero attached hydrogens (tertiary/aromatic N) is 3. The Morgan fingerprint density at radius 3 is 2.58 bits per heavy atom. The molecule has 1 heterocycles. The summed E-state index contributed by atoms with van der Waals surface area (Å²) in [6.45, 7) is 6.35. The normalized spacial score (nSPS) is 11.4. The number of hydrogen-bond acceptors (Lipinski definition) is 2. The molecule has 0 amide bonds. The molecule has 5 nitrogen and oxygen atoms in total. The predicted octanol–water partition coefficient (Wildman–Crippen LogP) is 3.44. The summed E-state index contributed by atoms with van der Waals surface area (Å²) in [4.78, 5) is 4.68. The van der Waals surface area contributed by atoms with Crippen LogP contribution in [0.2, 0.25) is 0 Å². The second-order valence-corrected chi connectivity index (χ2v) is 6.10. The number of aliphatic imine (C=N–C) groups is 1. The molecule has 3 rings (SSSR count). The van der Waals surface area contributed by atoms with Gasteiger partial charge in [0.05, 0.1) is 18.4 Å². The first-order valence-electron chi connectivity index (χ1n) is 8.92. The van der Waals surface area contributed by atoms with E-state index in [1.165, 1.54) is 11.1 Å². The zero-order chi connectivity index (χ0) is 18.2. The molecule has 0 fully saturated rings. The average molecular weight is 347 g/mol.